The second-order valence-corrected chi connectivity index (χ2v) is 2.69. The molecule has 1 aromatic rings. The van der Waals surface area contributed by atoms with Crippen molar-refractivity contribution in [1.82, 2.24) is 0 Å². The van der Waals surface area contributed by atoms with E-state index < -0.39 is 0 Å². The van der Waals surface area contributed by atoms with E-state index in [2.05, 4.69) is 0 Å². The molecule has 1 aromatic carbocycles. The lowest BCUT2D eigenvalue weighted by molar-refractivity contribution is 0.109. The fraction of sp³-hybridized carbons (Fsp3) is 0.100. The summed E-state index contributed by atoms with van der Waals surface area (Å²) in [7, 11) is 0. The van der Waals surface area contributed by atoms with Crippen LogP contribution in [-0.4, -0.2) is 24.0 Å². The van der Waals surface area contributed by atoms with Crippen LogP contribution in [-0.2, 0) is 6.61 Å². The molecule has 0 bridgehead atoms. The van der Waals surface area contributed by atoms with E-state index in [9.17, 15) is 14.4 Å². The van der Waals surface area contributed by atoms with Gasteiger partial charge in [0, 0.05) is 16.7 Å². The Bertz CT molecular complexity index is 382. The quantitative estimate of drug-likeness (QED) is 0.709. The standard InChI is InChI=1S/C10H8O4/c11-3-7-1-8(4-12)10(6-14)2-9(7)5-13/h1-5,14H,6H2. The molecule has 0 aromatic heterocycles. The maximum Gasteiger partial charge on any atom is 0.150 e. The van der Waals surface area contributed by atoms with E-state index in [4.69, 9.17) is 5.11 Å². The van der Waals surface area contributed by atoms with Gasteiger partial charge in [0.2, 0.25) is 0 Å². The average molecular weight is 192 g/mol. The second-order valence-electron chi connectivity index (χ2n) is 2.69. The molecule has 0 fully saturated rings. The molecule has 1 N–H and O–H groups in total. The van der Waals surface area contributed by atoms with Crippen molar-refractivity contribution in [2.75, 3.05) is 0 Å². The third kappa shape index (κ3) is 1.75. The van der Waals surface area contributed by atoms with Crippen LogP contribution >= 0.6 is 0 Å². The largest absolute Gasteiger partial charge is 0.392 e. The van der Waals surface area contributed by atoms with Crippen LogP contribution in [0.25, 0.3) is 0 Å². The predicted molar refractivity (Wildman–Crippen MR) is 48.5 cm³/mol. The first kappa shape index (κ1) is 10.3. The summed E-state index contributed by atoms with van der Waals surface area (Å²) in [5, 5.41) is 8.87. The SMILES string of the molecule is O=Cc1cc(C=O)c(CO)cc1C=O. The van der Waals surface area contributed by atoms with Crippen molar-refractivity contribution >= 4 is 18.9 Å². The van der Waals surface area contributed by atoms with Crippen molar-refractivity contribution in [2.45, 2.75) is 6.61 Å². The van der Waals surface area contributed by atoms with Gasteiger partial charge in [0.1, 0.15) is 6.29 Å². The smallest absolute Gasteiger partial charge is 0.150 e. The number of carbonyl (C=O) groups excluding carboxylic acids is 3. The van der Waals surface area contributed by atoms with Gasteiger partial charge in [0.15, 0.2) is 12.6 Å². The molecule has 0 aliphatic heterocycles. The zero-order valence-electron chi connectivity index (χ0n) is 7.27. The average Bonchev–Trinajstić information content (AvgIpc) is 2.26. The summed E-state index contributed by atoms with van der Waals surface area (Å²) in [6, 6.07) is 2.62. The topological polar surface area (TPSA) is 71.4 Å². The highest BCUT2D eigenvalue weighted by Gasteiger charge is 2.07. The molecular formula is C10H8O4. The van der Waals surface area contributed by atoms with Gasteiger partial charge in [0.25, 0.3) is 0 Å². The second kappa shape index (κ2) is 4.43. The van der Waals surface area contributed by atoms with Crippen molar-refractivity contribution < 1.29 is 19.5 Å². The molecule has 0 saturated heterocycles. The van der Waals surface area contributed by atoms with E-state index in [1.165, 1.54) is 12.1 Å². The van der Waals surface area contributed by atoms with Crippen molar-refractivity contribution in [2.24, 2.45) is 0 Å². The number of hydrogen-bond acceptors (Lipinski definition) is 4. The Kier molecular flexibility index (Phi) is 3.25. The van der Waals surface area contributed by atoms with E-state index in [-0.39, 0.29) is 23.3 Å². The maximum atomic E-state index is 10.5. The minimum atomic E-state index is -0.339. The number of benzene rings is 1. The van der Waals surface area contributed by atoms with Gasteiger partial charge in [-0.15, -0.1) is 0 Å². The number of aliphatic hydroxyl groups excluding tert-OH is 1. The number of aliphatic hydroxyl groups is 1. The Hall–Kier alpha value is -1.81. The molecule has 0 saturated carbocycles. The summed E-state index contributed by atoms with van der Waals surface area (Å²) < 4.78 is 0. The molecule has 0 unspecified atom stereocenters. The molecule has 0 heterocycles. The van der Waals surface area contributed by atoms with Crippen LogP contribution < -0.4 is 0 Å². The van der Waals surface area contributed by atoms with E-state index in [1.807, 2.05) is 0 Å². The Morgan fingerprint density at radius 2 is 1.43 bits per heavy atom. The third-order valence-electron chi connectivity index (χ3n) is 1.90. The summed E-state index contributed by atoms with van der Waals surface area (Å²) in [5.41, 5.74) is 0.891. The summed E-state index contributed by atoms with van der Waals surface area (Å²) in [5.74, 6) is 0. The van der Waals surface area contributed by atoms with Crippen molar-refractivity contribution in [3.63, 3.8) is 0 Å². The Balaban J connectivity index is 3.41. The van der Waals surface area contributed by atoms with Crippen LogP contribution in [0, 0.1) is 0 Å². The molecule has 72 valence electrons. The van der Waals surface area contributed by atoms with Gasteiger partial charge in [-0.3, -0.25) is 14.4 Å². The van der Waals surface area contributed by atoms with Gasteiger partial charge >= 0.3 is 0 Å². The molecule has 14 heavy (non-hydrogen) atoms. The van der Waals surface area contributed by atoms with Crippen LogP contribution in [0.2, 0.25) is 0 Å². The first-order valence-corrected chi connectivity index (χ1v) is 3.90. The summed E-state index contributed by atoms with van der Waals surface area (Å²) in [6.07, 6.45) is 1.54. The van der Waals surface area contributed by atoms with E-state index in [0.717, 1.165) is 0 Å². The van der Waals surface area contributed by atoms with Gasteiger partial charge < -0.3 is 5.11 Å². The Morgan fingerprint density at radius 1 is 0.929 bits per heavy atom. The normalized spacial score (nSPS) is 9.50. The molecule has 0 aliphatic carbocycles. The molecule has 1 rings (SSSR count). The van der Waals surface area contributed by atoms with Gasteiger partial charge in [0.05, 0.1) is 6.61 Å². The van der Waals surface area contributed by atoms with Gasteiger partial charge in [-0.2, -0.15) is 0 Å². The zero-order valence-corrected chi connectivity index (χ0v) is 7.27. The Labute approximate surface area is 80.2 Å². The summed E-state index contributed by atoms with van der Waals surface area (Å²) in [6.45, 7) is -0.339. The molecule has 4 heteroatoms. The van der Waals surface area contributed by atoms with E-state index in [1.54, 1.807) is 0 Å². The highest BCUT2D eigenvalue weighted by Crippen LogP contribution is 2.13. The van der Waals surface area contributed by atoms with Crippen LogP contribution in [0.4, 0.5) is 0 Å². The number of carbonyl (C=O) groups is 3. The summed E-state index contributed by atoms with van der Waals surface area (Å²) in [4.78, 5) is 31.6. The first-order valence-electron chi connectivity index (χ1n) is 3.90. The van der Waals surface area contributed by atoms with Crippen molar-refractivity contribution in [1.29, 1.82) is 0 Å². The molecule has 0 aliphatic rings. The maximum absolute atomic E-state index is 10.5. The number of hydrogen-bond donors (Lipinski definition) is 1. The lowest BCUT2D eigenvalue weighted by Crippen LogP contribution is -1.99. The van der Waals surface area contributed by atoms with Crippen molar-refractivity contribution in [3.8, 4) is 0 Å². The van der Waals surface area contributed by atoms with Crippen molar-refractivity contribution in [3.05, 3.63) is 34.4 Å². The summed E-state index contributed by atoms with van der Waals surface area (Å²) >= 11 is 0. The van der Waals surface area contributed by atoms with E-state index in [0.29, 0.717) is 24.4 Å². The molecular weight excluding hydrogens is 184 g/mol. The fourth-order valence-electron chi connectivity index (χ4n) is 1.15. The molecule has 0 spiro atoms. The molecule has 0 atom stereocenters. The van der Waals surface area contributed by atoms with Gasteiger partial charge in [-0.05, 0) is 17.7 Å². The van der Waals surface area contributed by atoms with Crippen LogP contribution in [0.15, 0.2) is 12.1 Å². The highest BCUT2D eigenvalue weighted by atomic mass is 16.3. The van der Waals surface area contributed by atoms with Crippen LogP contribution in [0.3, 0.4) is 0 Å². The third-order valence-corrected chi connectivity index (χ3v) is 1.90. The lowest BCUT2D eigenvalue weighted by Gasteiger charge is -2.04. The Morgan fingerprint density at radius 3 is 1.86 bits per heavy atom. The van der Waals surface area contributed by atoms with Gasteiger partial charge in [-0.25, -0.2) is 0 Å². The van der Waals surface area contributed by atoms with Gasteiger partial charge in [-0.1, -0.05) is 0 Å². The highest BCUT2D eigenvalue weighted by molar-refractivity contribution is 5.93. The number of aldehydes is 3. The zero-order chi connectivity index (χ0) is 10.6. The van der Waals surface area contributed by atoms with Crippen LogP contribution in [0.5, 0.6) is 0 Å². The molecule has 0 radical (unpaired) electrons. The predicted octanol–water partition coefficient (Wildman–Crippen LogP) is 0.616. The minimum absolute atomic E-state index is 0.152. The fourth-order valence-corrected chi connectivity index (χ4v) is 1.15. The molecule has 4 nitrogen and oxygen atoms in total. The van der Waals surface area contributed by atoms with E-state index >= 15 is 0 Å². The monoisotopic (exact) mass is 192 g/mol. The minimum Gasteiger partial charge on any atom is -0.392 e. The first-order chi connectivity index (χ1) is 6.76. The number of rotatable bonds is 4. The molecule has 0 amide bonds. The lowest BCUT2D eigenvalue weighted by atomic mass is 10.0. The van der Waals surface area contributed by atoms with Crippen LogP contribution in [0.1, 0.15) is 36.6 Å².